The Morgan fingerprint density at radius 2 is 2.19 bits per heavy atom. The van der Waals surface area contributed by atoms with Crippen molar-refractivity contribution in [2.75, 3.05) is 0 Å². The van der Waals surface area contributed by atoms with Crippen molar-refractivity contribution >= 4 is 29.2 Å². The number of halogens is 2. The molecule has 3 rings (SSSR count). The average molecular weight is 396 g/mol. The molecule has 0 radical (unpaired) electrons. The van der Waals surface area contributed by atoms with E-state index >= 15 is 0 Å². The first-order chi connectivity index (χ1) is 12.4. The smallest absolute Gasteiger partial charge is 0.325 e. The zero-order valence-electron chi connectivity index (χ0n) is 15.0. The topological polar surface area (TPSA) is 70.1 Å². The van der Waals surface area contributed by atoms with Crippen molar-refractivity contribution in [3.63, 3.8) is 0 Å². The van der Waals surface area contributed by atoms with Gasteiger partial charge in [0.25, 0.3) is 0 Å². The van der Waals surface area contributed by atoms with Crippen molar-refractivity contribution in [2.45, 2.75) is 57.9 Å². The number of aryl methyl sites for hydroxylation is 1. The Labute approximate surface area is 163 Å². The SMILES string of the molecule is CC(C)c1nc2c(n1Cc1ccc(Cl)cc1Cl)C(CC(=O)ON)CCC2. The van der Waals surface area contributed by atoms with Crippen LogP contribution in [0.1, 0.15) is 67.7 Å². The number of fused-ring (bicyclic) bond motifs is 1. The normalized spacial score (nSPS) is 16.6. The molecular weight excluding hydrogens is 373 g/mol. The Morgan fingerprint density at radius 3 is 2.85 bits per heavy atom. The zero-order valence-corrected chi connectivity index (χ0v) is 16.5. The number of nitrogens with zero attached hydrogens (tertiary/aromatic N) is 2. The third kappa shape index (κ3) is 3.90. The van der Waals surface area contributed by atoms with E-state index in [-0.39, 0.29) is 18.3 Å². The quantitative estimate of drug-likeness (QED) is 0.751. The van der Waals surface area contributed by atoms with Crippen molar-refractivity contribution in [3.05, 3.63) is 51.0 Å². The number of carbonyl (C=O) groups excluding carboxylic acids is 1. The number of hydrogen-bond donors (Lipinski definition) is 1. The van der Waals surface area contributed by atoms with Crippen LogP contribution in [0.15, 0.2) is 18.2 Å². The van der Waals surface area contributed by atoms with Gasteiger partial charge < -0.3 is 9.40 Å². The van der Waals surface area contributed by atoms with E-state index in [2.05, 4.69) is 23.3 Å². The average Bonchev–Trinajstić information content (AvgIpc) is 2.97. The first-order valence-electron chi connectivity index (χ1n) is 8.83. The van der Waals surface area contributed by atoms with Gasteiger partial charge in [-0.15, -0.1) is 0 Å². The van der Waals surface area contributed by atoms with Gasteiger partial charge in [-0.3, -0.25) is 4.79 Å². The van der Waals surface area contributed by atoms with E-state index < -0.39 is 5.97 Å². The summed E-state index contributed by atoms with van der Waals surface area (Å²) in [6, 6.07) is 5.53. The van der Waals surface area contributed by atoms with Crippen LogP contribution < -0.4 is 5.90 Å². The molecule has 0 saturated carbocycles. The zero-order chi connectivity index (χ0) is 18.8. The number of rotatable bonds is 5. The number of carbonyl (C=O) groups is 1. The highest BCUT2D eigenvalue weighted by molar-refractivity contribution is 6.35. The lowest BCUT2D eigenvalue weighted by Gasteiger charge is -2.24. The summed E-state index contributed by atoms with van der Waals surface area (Å²) in [5, 5.41) is 1.24. The molecule has 1 aromatic carbocycles. The van der Waals surface area contributed by atoms with Crippen molar-refractivity contribution in [1.29, 1.82) is 0 Å². The second kappa shape index (κ2) is 7.99. The predicted octanol–water partition coefficient (Wildman–Crippen LogP) is 4.59. The summed E-state index contributed by atoms with van der Waals surface area (Å²) >= 11 is 12.4. The summed E-state index contributed by atoms with van der Waals surface area (Å²) in [6.07, 6.45) is 3.11. The molecule has 26 heavy (non-hydrogen) atoms. The predicted molar refractivity (Wildman–Crippen MR) is 102 cm³/mol. The molecule has 0 fully saturated rings. The van der Waals surface area contributed by atoms with Crippen LogP contribution in [0.25, 0.3) is 0 Å². The van der Waals surface area contributed by atoms with Crippen LogP contribution in [0.5, 0.6) is 0 Å². The molecule has 1 aromatic heterocycles. The molecular formula is C19H23Cl2N3O2. The highest BCUT2D eigenvalue weighted by Crippen LogP contribution is 2.37. The fourth-order valence-electron chi connectivity index (χ4n) is 3.70. The Kier molecular flexibility index (Phi) is 5.90. The molecule has 1 aliphatic rings. The van der Waals surface area contributed by atoms with Crippen LogP contribution in [0, 0.1) is 0 Å². The second-order valence-electron chi connectivity index (χ2n) is 7.06. The minimum absolute atomic E-state index is 0.0564. The van der Waals surface area contributed by atoms with Gasteiger partial charge in [-0.05, 0) is 37.0 Å². The molecule has 0 aliphatic heterocycles. The molecule has 1 unspecified atom stereocenters. The van der Waals surface area contributed by atoms with E-state index in [0.29, 0.717) is 16.6 Å². The Balaban J connectivity index is 2.05. The lowest BCUT2D eigenvalue weighted by Crippen LogP contribution is -2.21. The molecule has 2 N–H and O–H groups in total. The number of hydrogen-bond acceptors (Lipinski definition) is 4. The van der Waals surface area contributed by atoms with E-state index in [1.165, 1.54) is 0 Å². The van der Waals surface area contributed by atoms with Crippen molar-refractivity contribution in [2.24, 2.45) is 5.90 Å². The summed E-state index contributed by atoms with van der Waals surface area (Å²) in [6.45, 7) is 4.84. The lowest BCUT2D eigenvalue weighted by atomic mass is 9.87. The molecule has 0 bridgehead atoms. The van der Waals surface area contributed by atoms with Crippen LogP contribution in [0.4, 0.5) is 0 Å². The molecule has 7 heteroatoms. The minimum Gasteiger partial charge on any atom is -0.373 e. The van der Waals surface area contributed by atoms with E-state index in [0.717, 1.165) is 42.0 Å². The van der Waals surface area contributed by atoms with E-state index in [1.54, 1.807) is 6.07 Å². The fourth-order valence-corrected chi connectivity index (χ4v) is 4.17. The summed E-state index contributed by atoms with van der Waals surface area (Å²) in [5.41, 5.74) is 3.15. The number of nitrogens with two attached hydrogens (primary N) is 1. The number of aromatic nitrogens is 2. The summed E-state index contributed by atoms with van der Waals surface area (Å²) in [7, 11) is 0. The first-order valence-corrected chi connectivity index (χ1v) is 9.59. The van der Waals surface area contributed by atoms with E-state index in [1.807, 2.05) is 12.1 Å². The molecule has 140 valence electrons. The maximum Gasteiger partial charge on any atom is 0.325 e. The molecule has 2 aromatic rings. The monoisotopic (exact) mass is 395 g/mol. The molecule has 0 saturated heterocycles. The van der Waals surface area contributed by atoms with Crippen LogP contribution in [-0.2, 0) is 22.6 Å². The van der Waals surface area contributed by atoms with Crippen molar-refractivity contribution < 1.29 is 9.63 Å². The van der Waals surface area contributed by atoms with Crippen molar-refractivity contribution in [3.8, 4) is 0 Å². The van der Waals surface area contributed by atoms with Crippen molar-refractivity contribution in [1.82, 2.24) is 9.55 Å². The Hall–Kier alpha value is -1.56. The van der Waals surface area contributed by atoms with Crippen LogP contribution in [-0.4, -0.2) is 15.5 Å². The minimum atomic E-state index is -0.397. The molecule has 1 heterocycles. The van der Waals surface area contributed by atoms with Gasteiger partial charge in [-0.2, -0.15) is 5.90 Å². The van der Waals surface area contributed by atoms with E-state index in [9.17, 15) is 4.79 Å². The first kappa shape index (κ1) is 19.2. The van der Waals surface area contributed by atoms with Crippen LogP contribution >= 0.6 is 23.2 Å². The van der Waals surface area contributed by atoms with Gasteiger partial charge in [0, 0.05) is 27.6 Å². The molecule has 1 atom stereocenters. The highest BCUT2D eigenvalue weighted by atomic mass is 35.5. The van der Waals surface area contributed by atoms with Gasteiger partial charge in [0.15, 0.2) is 0 Å². The third-order valence-corrected chi connectivity index (χ3v) is 5.46. The Morgan fingerprint density at radius 1 is 1.42 bits per heavy atom. The highest BCUT2D eigenvalue weighted by Gasteiger charge is 2.30. The number of imidazole rings is 1. The molecule has 5 nitrogen and oxygen atoms in total. The largest absolute Gasteiger partial charge is 0.373 e. The standard InChI is InChI=1S/C19H23Cl2N3O2/c1-11(2)19-23-16-5-3-4-12(8-17(25)26-22)18(16)24(19)10-13-6-7-14(20)9-15(13)21/h6-7,9,11-12H,3-5,8,10,22H2,1-2H3. The van der Waals surface area contributed by atoms with Crippen LogP contribution in [0.2, 0.25) is 10.0 Å². The fraction of sp³-hybridized carbons (Fsp3) is 0.474. The van der Waals surface area contributed by atoms with Gasteiger partial charge in [-0.25, -0.2) is 4.98 Å². The maximum atomic E-state index is 11.8. The van der Waals surface area contributed by atoms with E-state index in [4.69, 9.17) is 34.1 Å². The maximum absolute atomic E-state index is 11.8. The third-order valence-electron chi connectivity index (χ3n) is 4.87. The lowest BCUT2D eigenvalue weighted by molar-refractivity contribution is -0.144. The number of benzene rings is 1. The van der Waals surface area contributed by atoms with Gasteiger partial charge in [0.05, 0.1) is 18.7 Å². The summed E-state index contributed by atoms with van der Waals surface area (Å²) in [4.78, 5) is 21.1. The summed E-state index contributed by atoms with van der Waals surface area (Å²) in [5.74, 6) is 5.98. The van der Waals surface area contributed by atoms with Crippen LogP contribution in [0.3, 0.4) is 0 Å². The van der Waals surface area contributed by atoms with Gasteiger partial charge >= 0.3 is 5.97 Å². The van der Waals surface area contributed by atoms with Gasteiger partial charge in [0.2, 0.25) is 0 Å². The molecule has 1 aliphatic carbocycles. The summed E-state index contributed by atoms with van der Waals surface area (Å²) < 4.78 is 2.21. The molecule has 0 amide bonds. The van der Waals surface area contributed by atoms with Gasteiger partial charge in [-0.1, -0.05) is 43.1 Å². The van der Waals surface area contributed by atoms with Gasteiger partial charge in [0.1, 0.15) is 5.82 Å². The Bertz CT molecular complexity index is 817. The second-order valence-corrected chi connectivity index (χ2v) is 7.91. The molecule has 0 spiro atoms.